The van der Waals surface area contributed by atoms with Crippen LogP contribution in [0.25, 0.3) is 0 Å². The molecule has 0 aliphatic carbocycles. The number of nitrogens with two attached hydrogens (primary N) is 1. The highest BCUT2D eigenvalue weighted by Gasteiger charge is 2.11. The van der Waals surface area contributed by atoms with Crippen molar-refractivity contribution in [2.24, 2.45) is 0 Å². The van der Waals surface area contributed by atoms with E-state index < -0.39 is 0 Å². The third-order valence-electron chi connectivity index (χ3n) is 2.50. The molecule has 2 rings (SSSR count). The van der Waals surface area contributed by atoms with Crippen LogP contribution in [0.15, 0.2) is 30.5 Å². The van der Waals surface area contributed by atoms with Crippen LogP contribution in [0.5, 0.6) is 5.75 Å². The largest absolute Gasteiger partial charge is 0.483 e. The van der Waals surface area contributed by atoms with Gasteiger partial charge in [0.05, 0.1) is 10.7 Å². The quantitative estimate of drug-likeness (QED) is 0.924. The summed E-state index contributed by atoms with van der Waals surface area (Å²) in [7, 11) is 0. The van der Waals surface area contributed by atoms with E-state index in [1.54, 1.807) is 12.3 Å². The first-order valence-electron chi connectivity index (χ1n) is 5.57. The van der Waals surface area contributed by atoms with Crippen molar-refractivity contribution in [3.05, 3.63) is 46.7 Å². The lowest BCUT2D eigenvalue weighted by atomic mass is 10.2. The highest BCUT2D eigenvalue weighted by molar-refractivity contribution is 6.32. The van der Waals surface area contributed by atoms with E-state index in [0.717, 1.165) is 11.3 Å². The van der Waals surface area contributed by atoms with Crippen LogP contribution in [0.1, 0.15) is 24.3 Å². The van der Waals surface area contributed by atoms with Crippen molar-refractivity contribution < 1.29 is 4.74 Å². The fourth-order valence-electron chi connectivity index (χ4n) is 1.57. The standard InChI is InChI=1S/C13H14ClN3O/c1-8-3-4-10(14)12(7-8)18-9(2)11-5-6-16-13(15)17-11/h3-7,9H,1-2H3,(H2,15,16,17). The molecule has 2 aromatic rings. The molecule has 0 bridgehead atoms. The summed E-state index contributed by atoms with van der Waals surface area (Å²) >= 11 is 6.08. The number of benzene rings is 1. The summed E-state index contributed by atoms with van der Waals surface area (Å²) in [5.74, 6) is 0.875. The maximum Gasteiger partial charge on any atom is 0.220 e. The van der Waals surface area contributed by atoms with Crippen molar-refractivity contribution >= 4 is 17.5 Å². The number of nitrogens with zero attached hydrogens (tertiary/aromatic N) is 2. The van der Waals surface area contributed by atoms with Crippen LogP contribution in [0, 0.1) is 6.92 Å². The van der Waals surface area contributed by atoms with E-state index in [0.29, 0.717) is 10.8 Å². The van der Waals surface area contributed by atoms with Gasteiger partial charge in [-0.1, -0.05) is 17.7 Å². The average molecular weight is 264 g/mol. The summed E-state index contributed by atoms with van der Waals surface area (Å²) in [6.45, 7) is 3.87. The molecular formula is C13H14ClN3O. The highest BCUT2D eigenvalue weighted by atomic mass is 35.5. The second-order valence-electron chi connectivity index (χ2n) is 4.03. The van der Waals surface area contributed by atoms with Crippen LogP contribution < -0.4 is 10.5 Å². The molecule has 0 aliphatic rings. The molecule has 0 fully saturated rings. The Bertz CT molecular complexity index is 560. The van der Waals surface area contributed by atoms with Gasteiger partial charge in [0.1, 0.15) is 11.9 Å². The molecule has 1 atom stereocenters. The minimum atomic E-state index is -0.241. The Morgan fingerprint density at radius 1 is 1.33 bits per heavy atom. The normalized spacial score (nSPS) is 12.2. The van der Waals surface area contributed by atoms with Gasteiger partial charge in [-0.15, -0.1) is 0 Å². The molecule has 4 nitrogen and oxygen atoms in total. The minimum absolute atomic E-state index is 0.235. The van der Waals surface area contributed by atoms with Gasteiger partial charge in [-0.25, -0.2) is 9.97 Å². The van der Waals surface area contributed by atoms with E-state index in [4.69, 9.17) is 22.1 Å². The maximum absolute atomic E-state index is 6.08. The van der Waals surface area contributed by atoms with Gasteiger partial charge in [0.25, 0.3) is 0 Å². The molecule has 0 saturated carbocycles. The number of aromatic nitrogens is 2. The zero-order valence-electron chi connectivity index (χ0n) is 10.2. The summed E-state index contributed by atoms with van der Waals surface area (Å²) in [5.41, 5.74) is 7.35. The molecule has 94 valence electrons. The molecule has 1 unspecified atom stereocenters. The van der Waals surface area contributed by atoms with Crippen molar-refractivity contribution in [3.8, 4) is 5.75 Å². The van der Waals surface area contributed by atoms with Crippen LogP contribution in [-0.4, -0.2) is 9.97 Å². The zero-order valence-corrected chi connectivity index (χ0v) is 11.0. The Morgan fingerprint density at radius 3 is 2.83 bits per heavy atom. The first kappa shape index (κ1) is 12.6. The first-order chi connectivity index (χ1) is 8.56. The molecule has 18 heavy (non-hydrogen) atoms. The summed E-state index contributed by atoms with van der Waals surface area (Å²) in [6.07, 6.45) is 1.37. The summed E-state index contributed by atoms with van der Waals surface area (Å²) in [6, 6.07) is 7.41. The molecule has 1 aromatic carbocycles. The zero-order chi connectivity index (χ0) is 13.1. The smallest absolute Gasteiger partial charge is 0.220 e. The second kappa shape index (κ2) is 5.23. The fourth-order valence-corrected chi connectivity index (χ4v) is 1.73. The van der Waals surface area contributed by atoms with Gasteiger partial charge in [0.15, 0.2) is 0 Å². The lowest BCUT2D eigenvalue weighted by Gasteiger charge is -2.15. The Morgan fingerprint density at radius 2 is 2.11 bits per heavy atom. The molecule has 1 aromatic heterocycles. The maximum atomic E-state index is 6.08. The Kier molecular flexibility index (Phi) is 3.67. The predicted molar refractivity (Wildman–Crippen MR) is 71.7 cm³/mol. The van der Waals surface area contributed by atoms with Gasteiger partial charge in [-0.3, -0.25) is 0 Å². The number of anilines is 1. The molecule has 2 N–H and O–H groups in total. The van der Waals surface area contributed by atoms with Crippen molar-refractivity contribution in [2.75, 3.05) is 5.73 Å². The molecule has 0 amide bonds. The molecule has 1 heterocycles. The Hall–Kier alpha value is -1.81. The van der Waals surface area contributed by atoms with Gasteiger partial charge < -0.3 is 10.5 Å². The first-order valence-corrected chi connectivity index (χ1v) is 5.95. The molecule has 0 spiro atoms. The molecule has 0 aliphatic heterocycles. The van der Waals surface area contributed by atoms with Crippen LogP contribution in [0.2, 0.25) is 5.02 Å². The summed E-state index contributed by atoms with van der Waals surface area (Å²) in [4.78, 5) is 7.97. The molecule has 0 saturated heterocycles. The third-order valence-corrected chi connectivity index (χ3v) is 2.81. The van der Waals surface area contributed by atoms with E-state index in [1.165, 1.54) is 0 Å². The Labute approximate surface area is 111 Å². The van der Waals surface area contributed by atoms with E-state index in [9.17, 15) is 0 Å². The SMILES string of the molecule is Cc1ccc(Cl)c(OC(C)c2ccnc(N)n2)c1. The van der Waals surface area contributed by atoms with Gasteiger partial charge in [0, 0.05) is 6.20 Å². The van der Waals surface area contributed by atoms with Crippen molar-refractivity contribution in [1.82, 2.24) is 9.97 Å². The van der Waals surface area contributed by atoms with Crippen molar-refractivity contribution in [3.63, 3.8) is 0 Å². The molecule has 5 heteroatoms. The Balaban J connectivity index is 2.21. The summed E-state index contributed by atoms with van der Waals surface area (Å²) in [5, 5.41) is 0.578. The number of rotatable bonds is 3. The average Bonchev–Trinajstić information content (AvgIpc) is 2.34. The molecular weight excluding hydrogens is 250 g/mol. The van der Waals surface area contributed by atoms with Crippen molar-refractivity contribution in [2.45, 2.75) is 20.0 Å². The second-order valence-corrected chi connectivity index (χ2v) is 4.44. The number of nitrogen functional groups attached to an aromatic ring is 1. The van der Waals surface area contributed by atoms with Gasteiger partial charge in [0.2, 0.25) is 5.95 Å². The van der Waals surface area contributed by atoms with Gasteiger partial charge in [-0.05, 0) is 37.6 Å². The molecule has 0 radical (unpaired) electrons. The topological polar surface area (TPSA) is 61.0 Å². The predicted octanol–water partition coefficient (Wildman–Crippen LogP) is 3.16. The number of aryl methyl sites for hydroxylation is 1. The van der Waals surface area contributed by atoms with E-state index >= 15 is 0 Å². The van der Waals surface area contributed by atoms with E-state index in [1.807, 2.05) is 32.0 Å². The van der Waals surface area contributed by atoms with Crippen LogP contribution in [0.3, 0.4) is 0 Å². The van der Waals surface area contributed by atoms with E-state index in [-0.39, 0.29) is 12.1 Å². The number of halogens is 1. The van der Waals surface area contributed by atoms with Crippen LogP contribution in [0.4, 0.5) is 5.95 Å². The van der Waals surface area contributed by atoms with Crippen LogP contribution >= 0.6 is 11.6 Å². The number of ether oxygens (including phenoxy) is 1. The van der Waals surface area contributed by atoms with Gasteiger partial charge in [-0.2, -0.15) is 0 Å². The lowest BCUT2D eigenvalue weighted by Crippen LogP contribution is -2.08. The fraction of sp³-hybridized carbons (Fsp3) is 0.231. The minimum Gasteiger partial charge on any atom is -0.483 e. The monoisotopic (exact) mass is 263 g/mol. The van der Waals surface area contributed by atoms with Gasteiger partial charge >= 0.3 is 0 Å². The number of hydrogen-bond donors (Lipinski definition) is 1. The summed E-state index contributed by atoms with van der Waals surface area (Å²) < 4.78 is 5.79. The lowest BCUT2D eigenvalue weighted by molar-refractivity contribution is 0.222. The van der Waals surface area contributed by atoms with Crippen molar-refractivity contribution in [1.29, 1.82) is 0 Å². The van der Waals surface area contributed by atoms with Crippen LogP contribution in [-0.2, 0) is 0 Å². The highest BCUT2D eigenvalue weighted by Crippen LogP contribution is 2.29. The van der Waals surface area contributed by atoms with E-state index in [2.05, 4.69) is 9.97 Å². The number of hydrogen-bond acceptors (Lipinski definition) is 4. The third kappa shape index (κ3) is 2.90.